The van der Waals surface area contributed by atoms with E-state index in [2.05, 4.69) is 36.8 Å². The van der Waals surface area contributed by atoms with E-state index in [1.807, 2.05) is 31.2 Å². The highest BCUT2D eigenvalue weighted by molar-refractivity contribution is 9.10. The van der Waals surface area contributed by atoms with Gasteiger partial charge in [0.25, 0.3) is 0 Å². The SMILES string of the molecule is Cc1ccc(-n2nnnc2SCCC(=O)Nc2ccc(Br)cc2F)cc1. The molecular weight excluding hydrogens is 421 g/mol. The van der Waals surface area contributed by atoms with Gasteiger partial charge in [-0.15, -0.1) is 5.10 Å². The molecule has 3 rings (SSSR count). The Kier molecular flexibility index (Phi) is 6.00. The van der Waals surface area contributed by atoms with Gasteiger partial charge < -0.3 is 5.32 Å². The Bertz CT molecular complexity index is 916. The summed E-state index contributed by atoms with van der Waals surface area (Å²) in [5, 5.41) is 14.8. The molecule has 0 aliphatic carbocycles. The zero-order chi connectivity index (χ0) is 18.5. The van der Waals surface area contributed by atoms with Crippen LogP contribution in [0.3, 0.4) is 0 Å². The Labute approximate surface area is 162 Å². The minimum Gasteiger partial charge on any atom is -0.324 e. The van der Waals surface area contributed by atoms with Crippen molar-refractivity contribution in [2.45, 2.75) is 18.5 Å². The number of benzene rings is 2. The number of amides is 1. The molecule has 0 bridgehead atoms. The van der Waals surface area contributed by atoms with Crippen molar-refractivity contribution in [2.24, 2.45) is 0 Å². The predicted molar refractivity (Wildman–Crippen MR) is 102 cm³/mol. The lowest BCUT2D eigenvalue weighted by Crippen LogP contribution is -2.13. The van der Waals surface area contributed by atoms with Gasteiger partial charge >= 0.3 is 0 Å². The van der Waals surface area contributed by atoms with Gasteiger partial charge in [0.1, 0.15) is 5.82 Å². The van der Waals surface area contributed by atoms with Gasteiger partial charge in [0, 0.05) is 16.6 Å². The molecule has 0 radical (unpaired) electrons. The van der Waals surface area contributed by atoms with Crippen molar-refractivity contribution >= 4 is 39.3 Å². The molecule has 1 heterocycles. The first kappa shape index (κ1) is 18.5. The number of thioether (sulfide) groups is 1. The number of carbonyl (C=O) groups excluding carboxylic acids is 1. The third-order valence-electron chi connectivity index (χ3n) is 3.48. The summed E-state index contributed by atoms with van der Waals surface area (Å²) in [7, 11) is 0. The van der Waals surface area contributed by atoms with Crippen LogP contribution in [0.2, 0.25) is 0 Å². The molecule has 26 heavy (non-hydrogen) atoms. The first-order chi connectivity index (χ1) is 12.5. The average Bonchev–Trinajstić information content (AvgIpc) is 3.06. The van der Waals surface area contributed by atoms with E-state index in [0.29, 0.717) is 15.4 Å². The average molecular weight is 436 g/mol. The van der Waals surface area contributed by atoms with Gasteiger partial charge in [-0.25, -0.2) is 4.39 Å². The van der Waals surface area contributed by atoms with E-state index >= 15 is 0 Å². The summed E-state index contributed by atoms with van der Waals surface area (Å²) < 4.78 is 16.0. The van der Waals surface area contributed by atoms with Gasteiger partial charge in [0.15, 0.2) is 0 Å². The molecule has 0 spiro atoms. The van der Waals surface area contributed by atoms with Crippen molar-refractivity contribution in [3.8, 4) is 5.69 Å². The van der Waals surface area contributed by atoms with E-state index < -0.39 is 5.82 Å². The van der Waals surface area contributed by atoms with E-state index in [1.54, 1.807) is 10.7 Å². The van der Waals surface area contributed by atoms with Crippen LogP contribution in [-0.2, 0) is 4.79 Å². The third-order valence-corrected chi connectivity index (χ3v) is 4.90. The number of tetrazole rings is 1. The molecule has 0 atom stereocenters. The van der Waals surface area contributed by atoms with E-state index in [-0.39, 0.29) is 18.0 Å². The summed E-state index contributed by atoms with van der Waals surface area (Å²) >= 11 is 4.54. The maximum absolute atomic E-state index is 13.7. The molecule has 1 aromatic heterocycles. The monoisotopic (exact) mass is 435 g/mol. The van der Waals surface area contributed by atoms with Crippen LogP contribution in [-0.4, -0.2) is 31.9 Å². The molecule has 9 heteroatoms. The van der Waals surface area contributed by atoms with E-state index in [0.717, 1.165) is 11.3 Å². The third kappa shape index (κ3) is 4.67. The summed E-state index contributed by atoms with van der Waals surface area (Å²) in [5.74, 6) is -0.285. The standard InChI is InChI=1S/C17H15BrFN5OS/c1-11-2-5-13(6-3-11)24-17(21-22-23-24)26-9-8-16(25)20-15-7-4-12(18)10-14(15)19/h2-7,10H,8-9H2,1H3,(H,20,25). The quantitative estimate of drug-likeness (QED) is 0.592. The van der Waals surface area contributed by atoms with Gasteiger partial charge in [-0.3, -0.25) is 4.79 Å². The van der Waals surface area contributed by atoms with Crippen LogP contribution in [0.25, 0.3) is 5.69 Å². The van der Waals surface area contributed by atoms with Crippen molar-refractivity contribution in [1.29, 1.82) is 0 Å². The number of hydrogen-bond donors (Lipinski definition) is 1. The van der Waals surface area contributed by atoms with Crippen molar-refractivity contribution in [2.75, 3.05) is 11.1 Å². The van der Waals surface area contributed by atoms with Crippen LogP contribution in [0.1, 0.15) is 12.0 Å². The number of aryl methyl sites for hydroxylation is 1. The highest BCUT2D eigenvalue weighted by atomic mass is 79.9. The van der Waals surface area contributed by atoms with Gasteiger partial charge in [-0.05, 0) is 47.7 Å². The molecule has 0 saturated carbocycles. The summed E-state index contributed by atoms with van der Waals surface area (Å²) in [4.78, 5) is 12.0. The lowest BCUT2D eigenvalue weighted by molar-refractivity contribution is -0.115. The topological polar surface area (TPSA) is 72.7 Å². The Morgan fingerprint density at radius 2 is 2.04 bits per heavy atom. The number of rotatable bonds is 6. The van der Waals surface area contributed by atoms with Crippen molar-refractivity contribution in [3.05, 3.63) is 58.3 Å². The Morgan fingerprint density at radius 3 is 2.77 bits per heavy atom. The van der Waals surface area contributed by atoms with Gasteiger partial charge in [-0.2, -0.15) is 4.68 Å². The number of nitrogens with zero attached hydrogens (tertiary/aromatic N) is 4. The van der Waals surface area contributed by atoms with Gasteiger partial charge in [0.2, 0.25) is 11.1 Å². The van der Waals surface area contributed by atoms with Crippen molar-refractivity contribution < 1.29 is 9.18 Å². The first-order valence-corrected chi connectivity index (χ1v) is 9.54. The second-order valence-corrected chi connectivity index (χ2v) is 7.46. The molecule has 134 valence electrons. The first-order valence-electron chi connectivity index (χ1n) is 7.76. The van der Waals surface area contributed by atoms with Crippen LogP contribution in [0.15, 0.2) is 52.1 Å². The molecule has 6 nitrogen and oxygen atoms in total. The number of anilines is 1. The number of carbonyl (C=O) groups is 1. The largest absolute Gasteiger partial charge is 0.324 e. The summed E-state index contributed by atoms with van der Waals surface area (Å²) in [6.07, 6.45) is 0.209. The van der Waals surface area contributed by atoms with Crippen LogP contribution < -0.4 is 5.32 Å². The maximum Gasteiger partial charge on any atom is 0.225 e. The molecule has 0 aliphatic heterocycles. The normalized spacial score (nSPS) is 10.7. The minimum atomic E-state index is -0.483. The molecule has 0 saturated heterocycles. The lowest BCUT2D eigenvalue weighted by Gasteiger charge is -2.07. The fourth-order valence-corrected chi connectivity index (χ4v) is 3.32. The summed E-state index contributed by atoms with van der Waals surface area (Å²) in [5.41, 5.74) is 2.16. The van der Waals surface area contributed by atoms with Crippen molar-refractivity contribution in [3.63, 3.8) is 0 Å². The van der Waals surface area contributed by atoms with E-state index in [1.165, 1.54) is 23.9 Å². The second kappa shape index (κ2) is 8.41. The summed E-state index contributed by atoms with van der Waals surface area (Å²) in [6, 6.07) is 12.3. The lowest BCUT2D eigenvalue weighted by atomic mass is 10.2. The number of nitrogens with one attached hydrogen (secondary N) is 1. The molecule has 0 aliphatic rings. The zero-order valence-electron chi connectivity index (χ0n) is 13.8. The Morgan fingerprint density at radius 1 is 1.27 bits per heavy atom. The van der Waals surface area contributed by atoms with Crippen LogP contribution in [0.4, 0.5) is 10.1 Å². The number of hydrogen-bond acceptors (Lipinski definition) is 5. The van der Waals surface area contributed by atoms with E-state index in [4.69, 9.17) is 0 Å². The Balaban J connectivity index is 1.56. The summed E-state index contributed by atoms with van der Waals surface area (Å²) in [6.45, 7) is 2.01. The Hall–Kier alpha value is -2.26. The highest BCUT2D eigenvalue weighted by Gasteiger charge is 2.11. The van der Waals surface area contributed by atoms with Gasteiger partial charge in [-0.1, -0.05) is 45.4 Å². The molecule has 2 aromatic carbocycles. The number of halogens is 2. The second-order valence-electron chi connectivity index (χ2n) is 5.48. The molecule has 0 unspecified atom stereocenters. The molecule has 3 aromatic rings. The minimum absolute atomic E-state index is 0.160. The maximum atomic E-state index is 13.7. The number of aromatic nitrogens is 4. The molecule has 0 fully saturated rings. The predicted octanol–water partition coefficient (Wildman–Crippen LogP) is 3.99. The fourth-order valence-electron chi connectivity index (χ4n) is 2.16. The molecule has 1 amide bonds. The molecule has 1 N–H and O–H groups in total. The van der Waals surface area contributed by atoms with Crippen molar-refractivity contribution in [1.82, 2.24) is 20.2 Å². The fraction of sp³-hybridized carbons (Fsp3) is 0.176. The molecular formula is C17H15BrFN5OS. The zero-order valence-corrected chi connectivity index (χ0v) is 16.2. The highest BCUT2D eigenvalue weighted by Crippen LogP contribution is 2.21. The van der Waals surface area contributed by atoms with Crippen LogP contribution in [0, 0.1) is 12.7 Å². The van der Waals surface area contributed by atoms with Gasteiger partial charge in [0.05, 0.1) is 11.4 Å². The van der Waals surface area contributed by atoms with E-state index in [9.17, 15) is 9.18 Å². The van der Waals surface area contributed by atoms with Crippen LogP contribution in [0.5, 0.6) is 0 Å². The van der Waals surface area contributed by atoms with Crippen LogP contribution >= 0.6 is 27.7 Å². The smallest absolute Gasteiger partial charge is 0.225 e.